The standard InChI is InChI=1S/C24H21N3O2S/c28-30(29,27-17-9-13-19-10-7-8-16-22(19)27)23-18-26(21-14-5-2-6-15-21)25-24(23)20-11-3-1-4-12-20/h1-8,10-12,14-16,18H,9,13,17H2. The molecule has 1 aliphatic rings. The van der Waals surface area contributed by atoms with Gasteiger partial charge in [0.05, 0.1) is 17.6 Å². The summed E-state index contributed by atoms with van der Waals surface area (Å²) in [5.74, 6) is 0. The summed E-state index contributed by atoms with van der Waals surface area (Å²) in [4.78, 5) is 0.217. The van der Waals surface area contributed by atoms with E-state index in [1.807, 2.05) is 84.9 Å². The number of para-hydroxylation sites is 2. The fourth-order valence-corrected chi connectivity index (χ4v) is 5.60. The maximum Gasteiger partial charge on any atom is 0.268 e. The normalized spacial score (nSPS) is 13.8. The van der Waals surface area contributed by atoms with Crippen LogP contribution in [0.5, 0.6) is 0 Å². The van der Waals surface area contributed by atoms with Gasteiger partial charge < -0.3 is 0 Å². The number of benzene rings is 3. The lowest BCUT2D eigenvalue weighted by Crippen LogP contribution is -2.35. The minimum atomic E-state index is -3.79. The summed E-state index contributed by atoms with van der Waals surface area (Å²) in [7, 11) is -3.79. The Balaban J connectivity index is 1.69. The Labute approximate surface area is 176 Å². The average Bonchev–Trinajstić information content (AvgIpc) is 3.26. The third kappa shape index (κ3) is 3.19. The second kappa shape index (κ2) is 7.46. The predicted molar refractivity (Wildman–Crippen MR) is 118 cm³/mol. The molecule has 0 amide bonds. The lowest BCUT2D eigenvalue weighted by molar-refractivity contribution is 0.587. The van der Waals surface area contributed by atoms with Crippen molar-refractivity contribution in [1.29, 1.82) is 0 Å². The van der Waals surface area contributed by atoms with Crippen LogP contribution in [0.4, 0.5) is 5.69 Å². The highest BCUT2D eigenvalue weighted by atomic mass is 32.2. The van der Waals surface area contributed by atoms with Crippen LogP contribution in [0, 0.1) is 0 Å². The van der Waals surface area contributed by atoms with E-state index in [1.165, 1.54) is 4.31 Å². The second-order valence-corrected chi connectivity index (χ2v) is 9.13. The Morgan fingerprint density at radius 2 is 1.47 bits per heavy atom. The minimum absolute atomic E-state index is 0.217. The number of hydrogen-bond acceptors (Lipinski definition) is 3. The summed E-state index contributed by atoms with van der Waals surface area (Å²) in [5, 5.41) is 4.68. The van der Waals surface area contributed by atoms with Gasteiger partial charge in [0.1, 0.15) is 10.6 Å². The van der Waals surface area contributed by atoms with Gasteiger partial charge in [-0.15, -0.1) is 0 Å². The van der Waals surface area contributed by atoms with E-state index in [-0.39, 0.29) is 4.90 Å². The summed E-state index contributed by atoms with van der Waals surface area (Å²) in [6, 6.07) is 26.8. The number of nitrogens with zero attached hydrogens (tertiary/aromatic N) is 3. The van der Waals surface area contributed by atoms with Gasteiger partial charge in [0.15, 0.2) is 0 Å². The van der Waals surface area contributed by atoms with Gasteiger partial charge in [-0.25, -0.2) is 13.1 Å². The fourth-order valence-electron chi connectivity index (χ4n) is 3.92. The Bertz CT molecular complexity index is 1280. The van der Waals surface area contributed by atoms with Crippen molar-refractivity contribution in [3.63, 3.8) is 0 Å². The van der Waals surface area contributed by atoms with Gasteiger partial charge in [-0.05, 0) is 36.6 Å². The molecular formula is C24H21N3O2S. The minimum Gasteiger partial charge on any atom is -0.266 e. The topological polar surface area (TPSA) is 55.2 Å². The molecule has 1 aromatic heterocycles. The number of sulfonamides is 1. The zero-order valence-corrected chi connectivity index (χ0v) is 17.2. The molecule has 0 radical (unpaired) electrons. The molecule has 30 heavy (non-hydrogen) atoms. The number of aromatic nitrogens is 2. The van der Waals surface area contributed by atoms with Crippen LogP contribution in [0.2, 0.25) is 0 Å². The first-order chi connectivity index (χ1) is 14.6. The van der Waals surface area contributed by atoms with Crippen LogP contribution >= 0.6 is 0 Å². The average molecular weight is 416 g/mol. The first-order valence-corrected chi connectivity index (χ1v) is 11.4. The highest BCUT2D eigenvalue weighted by Gasteiger charge is 2.33. The van der Waals surface area contributed by atoms with Crippen molar-refractivity contribution in [3.8, 4) is 16.9 Å². The van der Waals surface area contributed by atoms with E-state index in [0.717, 1.165) is 35.3 Å². The van der Waals surface area contributed by atoms with Gasteiger partial charge in [-0.2, -0.15) is 5.10 Å². The number of hydrogen-bond donors (Lipinski definition) is 0. The van der Waals surface area contributed by atoms with E-state index in [1.54, 1.807) is 10.9 Å². The second-order valence-electron chi connectivity index (χ2n) is 7.30. The third-order valence-electron chi connectivity index (χ3n) is 5.38. The van der Waals surface area contributed by atoms with Crippen LogP contribution in [-0.4, -0.2) is 24.7 Å². The molecule has 0 unspecified atom stereocenters. The maximum absolute atomic E-state index is 13.9. The molecule has 0 saturated heterocycles. The van der Waals surface area contributed by atoms with Gasteiger partial charge in [-0.3, -0.25) is 4.31 Å². The molecule has 0 bridgehead atoms. The zero-order chi connectivity index (χ0) is 20.6. The smallest absolute Gasteiger partial charge is 0.266 e. The number of anilines is 1. The Kier molecular flexibility index (Phi) is 4.64. The molecule has 0 atom stereocenters. The molecule has 1 aliphatic heterocycles. The molecule has 0 spiro atoms. The molecule has 5 nitrogen and oxygen atoms in total. The van der Waals surface area contributed by atoms with Crippen LogP contribution in [0.3, 0.4) is 0 Å². The Morgan fingerprint density at radius 1 is 0.800 bits per heavy atom. The van der Waals surface area contributed by atoms with Crippen molar-refractivity contribution in [2.75, 3.05) is 10.8 Å². The molecule has 0 fully saturated rings. The number of fused-ring (bicyclic) bond motifs is 1. The highest BCUT2D eigenvalue weighted by Crippen LogP contribution is 2.35. The summed E-state index contributed by atoms with van der Waals surface area (Å²) in [6.45, 7) is 0.462. The summed E-state index contributed by atoms with van der Waals surface area (Å²) < 4.78 is 30.9. The van der Waals surface area contributed by atoms with E-state index >= 15 is 0 Å². The van der Waals surface area contributed by atoms with Crippen molar-refractivity contribution in [2.24, 2.45) is 0 Å². The third-order valence-corrected chi connectivity index (χ3v) is 7.20. The molecule has 0 N–H and O–H groups in total. The predicted octanol–water partition coefficient (Wildman–Crippen LogP) is 4.68. The van der Waals surface area contributed by atoms with Crippen molar-refractivity contribution in [1.82, 2.24) is 9.78 Å². The first kappa shape index (κ1) is 18.6. The van der Waals surface area contributed by atoms with Crippen molar-refractivity contribution >= 4 is 15.7 Å². The van der Waals surface area contributed by atoms with Gasteiger partial charge in [-0.1, -0.05) is 66.7 Å². The maximum atomic E-state index is 13.9. The van der Waals surface area contributed by atoms with Crippen molar-refractivity contribution in [3.05, 3.63) is 96.7 Å². The zero-order valence-electron chi connectivity index (χ0n) is 16.3. The lowest BCUT2D eigenvalue weighted by atomic mass is 10.0. The molecule has 5 rings (SSSR count). The first-order valence-electron chi connectivity index (χ1n) is 9.96. The Morgan fingerprint density at radius 3 is 2.23 bits per heavy atom. The largest absolute Gasteiger partial charge is 0.268 e. The lowest BCUT2D eigenvalue weighted by Gasteiger charge is -2.30. The molecule has 2 heterocycles. The van der Waals surface area contributed by atoms with Gasteiger partial charge >= 0.3 is 0 Å². The molecule has 0 aliphatic carbocycles. The van der Waals surface area contributed by atoms with E-state index in [2.05, 4.69) is 5.10 Å². The van der Waals surface area contributed by atoms with E-state index < -0.39 is 10.0 Å². The van der Waals surface area contributed by atoms with Crippen LogP contribution < -0.4 is 4.31 Å². The highest BCUT2D eigenvalue weighted by molar-refractivity contribution is 7.93. The van der Waals surface area contributed by atoms with Crippen LogP contribution in [0.1, 0.15) is 12.0 Å². The molecule has 150 valence electrons. The van der Waals surface area contributed by atoms with Crippen LogP contribution in [0.25, 0.3) is 16.9 Å². The van der Waals surface area contributed by atoms with Crippen molar-refractivity contribution in [2.45, 2.75) is 17.7 Å². The summed E-state index contributed by atoms with van der Waals surface area (Å²) in [6.07, 6.45) is 3.31. The summed E-state index contributed by atoms with van der Waals surface area (Å²) >= 11 is 0. The van der Waals surface area contributed by atoms with E-state index in [9.17, 15) is 8.42 Å². The van der Waals surface area contributed by atoms with Gasteiger partial charge in [0.25, 0.3) is 10.0 Å². The number of rotatable bonds is 4. The van der Waals surface area contributed by atoms with Gasteiger partial charge in [0, 0.05) is 12.1 Å². The molecule has 4 aromatic rings. The molecule has 3 aromatic carbocycles. The molecule has 6 heteroatoms. The SMILES string of the molecule is O=S(=O)(c1cn(-c2ccccc2)nc1-c1ccccc1)N1CCCc2ccccc21. The monoisotopic (exact) mass is 415 g/mol. The van der Waals surface area contributed by atoms with Crippen molar-refractivity contribution < 1.29 is 8.42 Å². The quantitative estimate of drug-likeness (QED) is 0.486. The number of aryl methyl sites for hydroxylation is 1. The van der Waals surface area contributed by atoms with Crippen LogP contribution in [0.15, 0.2) is 96.0 Å². The van der Waals surface area contributed by atoms with Gasteiger partial charge in [0.2, 0.25) is 0 Å². The van der Waals surface area contributed by atoms with Crippen LogP contribution in [-0.2, 0) is 16.4 Å². The Hall–Kier alpha value is -3.38. The summed E-state index contributed by atoms with van der Waals surface area (Å²) in [5.41, 5.74) is 3.87. The molecular weight excluding hydrogens is 394 g/mol. The van der Waals surface area contributed by atoms with E-state index in [4.69, 9.17) is 0 Å². The fraction of sp³-hybridized carbons (Fsp3) is 0.125. The molecule has 0 saturated carbocycles. The van der Waals surface area contributed by atoms with E-state index in [0.29, 0.717) is 12.2 Å².